The van der Waals surface area contributed by atoms with Gasteiger partial charge in [0.05, 0.1) is 6.10 Å². The Kier molecular flexibility index (Phi) is 10.8. The molecular weight excluding hydrogens is 464 g/mol. The van der Waals surface area contributed by atoms with Gasteiger partial charge in [-0.3, -0.25) is 13.9 Å². The molecule has 10 N–H and O–H groups in total. The van der Waals surface area contributed by atoms with Crippen molar-refractivity contribution < 1.29 is 76.3 Å². The van der Waals surface area contributed by atoms with Crippen molar-refractivity contribution in [1.82, 2.24) is 0 Å². The molecule has 1 fully saturated rings. The van der Waals surface area contributed by atoms with Crippen LogP contribution in [0.25, 0.3) is 0 Å². The smallest absolute Gasteiger partial charge is 0.331 e. The maximum atomic E-state index is 10.7. The van der Waals surface area contributed by atoms with Crippen LogP contribution in [-0.4, -0.2) is 133 Å². The molecule has 30 heavy (non-hydrogen) atoms. The SMILES string of the molecule is C[C@@H](O)[C@@H](O)[C@H](O)[C@@H](O)C(=O)S(=O)(=O)O.O=S(=O)(O)C[C@H]1O[C@H](O)[C@H](O)[C@@H](O)[C@@H]1O. The van der Waals surface area contributed by atoms with Crippen LogP contribution in [0.1, 0.15) is 6.92 Å². The van der Waals surface area contributed by atoms with E-state index in [0.29, 0.717) is 0 Å². The summed E-state index contributed by atoms with van der Waals surface area (Å²) in [6, 6.07) is 0. The van der Waals surface area contributed by atoms with E-state index >= 15 is 0 Å². The largest absolute Gasteiger partial charge is 0.391 e. The fourth-order valence-electron chi connectivity index (χ4n) is 2.04. The lowest BCUT2D eigenvalue weighted by molar-refractivity contribution is -0.276. The third kappa shape index (κ3) is 8.70. The summed E-state index contributed by atoms with van der Waals surface area (Å²) in [6.07, 6.45) is -16.6. The van der Waals surface area contributed by atoms with Gasteiger partial charge in [-0.1, -0.05) is 0 Å². The van der Waals surface area contributed by atoms with Crippen molar-refractivity contribution in [3.63, 3.8) is 0 Å². The van der Waals surface area contributed by atoms with E-state index in [-0.39, 0.29) is 0 Å². The Morgan fingerprint density at radius 3 is 1.70 bits per heavy atom. The molecule has 0 amide bonds. The molecule has 1 saturated heterocycles. The van der Waals surface area contributed by atoms with Gasteiger partial charge in [0.1, 0.15) is 42.4 Å². The Labute approximate surface area is 170 Å². The highest BCUT2D eigenvalue weighted by molar-refractivity contribution is 8.01. The van der Waals surface area contributed by atoms with Gasteiger partial charge in [-0.2, -0.15) is 16.8 Å². The third-order valence-corrected chi connectivity index (χ3v) is 5.23. The number of ether oxygens (including phenoxy) is 1. The predicted octanol–water partition coefficient (Wildman–Crippen LogP) is -6.46. The fourth-order valence-corrected chi connectivity index (χ4v) is 3.18. The zero-order chi connectivity index (χ0) is 24.2. The minimum atomic E-state index is -5.15. The fraction of sp³-hybridized carbons (Fsp3) is 0.917. The summed E-state index contributed by atoms with van der Waals surface area (Å²) in [4.78, 5) is 10.7. The zero-order valence-corrected chi connectivity index (χ0v) is 16.8. The minimum Gasteiger partial charge on any atom is -0.391 e. The summed E-state index contributed by atoms with van der Waals surface area (Å²) in [5, 5.41) is 70.2. The van der Waals surface area contributed by atoms with Crippen molar-refractivity contribution in [3.8, 4) is 0 Å². The summed E-state index contributed by atoms with van der Waals surface area (Å²) in [7, 11) is -9.56. The number of rotatable bonds is 6. The van der Waals surface area contributed by atoms with Crippen LogP contribution in [0.2, 0.25) is 0 Å². The van der Waals surface area contributed by atoms with Gasteiger partial charge in [0, 0.05) is 0 Å². The van der Waals surface area contributed by atoms with E-state index in [1.165, 1.54) is 0 Å². The topological polar surface area (TPSA) is 297 Å². The molecule has 1 aliphatic rings. The second-order valence-electron chi connectivity index (χ2n) is 6.25. The normalized spacial score (nSPS) is 31.6. The zero-order valence-electron chi connectivity index (χ0n) is 15.1. The van der Waals surface area contributed by atoms with Crippen LogP contribution in [-0.2, 0) is 29.8 Å². The molecule has 1 rings (SSSR count). The lowest BCUT2D eigenvalue weighted by Crippen LogP contribution is -2.59. The van der Waals surface area contributed by atoms with Crippen molar-refractivity contribution in [2.24, 2.45) is 0 Å². The summed E-state index contributed by atoms with van der Waals surface area (Å²) < 4.78 is 62.7. The van der Waals surface area contributed by atoms with Gasteiger partial charge in [0.2, 0.25) is 0 Å². The Bertz CT molecular complexity index is 763. The standard InChI is InChI=1S/2C6H12O8S/c7-3-2(1-15(11,12)13)14-6(10)5(9)4(3)8;1-2(7)3(8)4(9)5(10)6(11)15(12,13)14/h2-10H,1H2,(H,11,12,13);2-5,7-10H,1H3,(H,12,13,14)/t2-,3-,4+,5-,6+;2-,3-,4+,5-/m11/s1. The van der Waals surface area contributed by atoms with Gasteiger partial charge in [-0.05, 0) is 6.92 Å². The monoisotopic (exact) mass is 488 g/mol. The Morgan fingerprint density at radius 2 is 1.33 bits per heavy atom. The van der Waals surface area contributed by atoms with Crippen LogP contribution in [0, 0.1) is 0 Å². The predicted molar refractivity (Wildman–Crippen MR) is 91.6 cm³/mol. The lowest BCUT2D eigenvalue weighted by atomic mass is 10.0. The highest BCUT2D eigenvalue weighted by Gasteiger charge is 2.44. The van der Waals surface area contributed by atoms with Crippen molar-refractivity contribution in [1.29, 1.82) is 0 Å². The quantitative estimate of drug-likeness (QED) is 0.155. The molecule has 9 atom stereocenters. The highest BCUT2D eigenvalue weighted by Crippen LogP contribution is 2.20. The maximum absolute atomic E-state index is 10.7. The van der Waals surface area contributed by atoms with E-state index in [1.807, 2.05) is 0 Å². The van der Waals surface area contributed by atoms with Gasteiger partial charge < -0.3 is 45.6 Å². The minimum absolute atomic E-state index is 0.977. The van der Waals surface area contributed by atoms with Crippen molar-refractivity contribution in [2.45, 2.75) is 62.0 Å². The molecule has 18 heteroatoms. The van der Waals surface area contributed by atoms with E-state index in [1.54, 1.807) is 0 Å². The third-order valence-electron chi connectivity index (χ3n) is 3.73. The number of hydrogen-bond donors (Lipinski definition) is 10. The second kappa shape index (κ2) is 11.1. The van der Waals surface area contributed by atoms with Gasteiger partial charge >= 0.3 is 15.2 Å². The molecule has 0 aromatic carbocycles. The Balaban J connectivity index is 0.000000561. The maximum Gasteiger partial charge on any atom is 0.331 e. The molecule has 0 radical (unpaired) electrons. The molecule has 0 aliphatic carbocycles. The van der Waals surface area contributed by atoms with E-state index in [2.05, 4.69) is 4.74 Å². The molecule has 0 aromatic rings. The molecule has 1 heterocycles. The molecule has 0 spiro atoms. The number of carbonyl (C=O) groups excluding carboxylic acids is 1. The molecule has 180 valence electrons. The first-order valence-corrected chi connectivity index (χ1v) is 10.9. The molecule has 16 nitrogen and oxygen atoms in total. The van der Waals surface area contributed by atoms with Gasteiger partial charge in [0.15, 0.2) is 12.4 Å². The first kappa shape index (κ1) is 29.1. The molecule has 0 saturated carbocycles. The summed E-state index contributed by atoms with van der Waals surface area (Å²) >= 11 is 0. The number of aliphatic hydroxyl groups is 8. The summed E-state index contributed by atoms with van der Waals surface area (Å²) in [5.41, 5.74) is 0. The van der Waals surface area contributed by atoms with Crippen LogP contribution < -0.4 is 0 Å². The Hall–Kier alpha value is -0.870. The van der Waals surface area contributed by atoms with Crippen LogP contribution in [0.4, 0.5) is 0 Å². The summed E-state index contributed by atoms with van der Waals surface area (Å²) in [5.74, 6) is -0.977. The second-order valence-corrected chi connectivity index (χ2v) is 9.10. The first-order valence-electron chi connectivity index (χ1n) is 7.87. The highest BCUT2D eigenvalue weighted by atomic mass is 32.2. The number of aliphatic hydroxyl groups excluding tert-OH is 8. The number of carbonyl (C=O) groups is 1. The lowest BCUT2D eigenvalue weighted by Gasteiger charge is -2.37. The van der Waals surface area contributed by atoms with E-state index in [0.717, 1.165) is 6.92 Å². The number of hydrogen-bond acceptors (Lipinski definition) is 14. The summed E-state index contributed by atoms with van der Waals surface area (Å²) in [6.45, 7) is 1.05. The molecule has 1 aliphatic heterocycles. The van der Waals surface area contributed by atoms with Crippen molar-refractivity contribution in [3.05, 3.63) is 0 Å². The molecular formula is C12H24O16S2. The molecule has 0 aromatic heterocycles. The van der Waals surface area contributed by atoms with Gasteiger partial charge in [-0.25, -0.2) is 0 Å². The average molecular weight is 488 g/mol. The van der Waals surface area contributed by atoms with Gasteiger partial charge in [0.25, 0.3) is 10.1 Å². The molecule has 0 bridgehead atoms. The average Bonchev–Trinajstić information content (AvgIpc) is 2.60. The van der Waals surface area contributed by atoms with Crippen molar-refractivity contribution >= 4 is 25.4 Å². The molecule has 0 unspecified atom stereocenters. The van der Waals surface area contributed by atoms with Crippen LogP contribution in [0.3, 0.4) is 0 Å². The van der Waals surface area contributed by atoms with E-state index in [4.69, 9.17) is 44.9 Å². The van der Waals surface area contributed by atoms with E-state index < -0.39 is 86.2 Å². The Morgan fingerprint density at radius 1 is 0.867 bits per heavy atom. The van der Waals surface area contributed by atoms with Crippen LogP contribution in [0.15, 0.2) is 0 Å². The van der Waals surface area contributed by atoms with E-state index in [9.17, 15) is 26.7 Å². The van der Waals surface area contributed by atoms with Crippen LogP contribution >= 0.6 is 0 Å². The van der Waals surface area contributed by atoms with Crippen LogP contribution in [0.5, 0.6) is 0 Å². The van der Waals surface area contributed by atoms with Crippen molar-refractivity contribution in [2.75, 3.05) is 5.75 Å². The first-order chi connectivity index (χ1) is 13.3. The van der Waals surface area contributed by atoms with Gasteiger partial charge in [-0.15, -0.1) is 0 Å².